The molecule has 17 heavy (non-hydrogen) atoms. The highest BCUT2D eigenvalue weighted by atomic mass is 32.1. The molecule has 1 N–H and O–H groups in total. The van der Waals surface area contributed by atoms with Gasteiger partial charge in [-0.2, -0.15) is 0 Å². The third kappa shape index (κ3) is 4.11. The van der Waals surface area contributed by atoms with E-state index in [2.05, 4.69) is 36.7 Å². The van der Waals surface area contributed by atoms with Gasteiger partial charge >= 0.3 is 0 Å². The molecule has 0 aromatic carbocycles. The topological polar surface area (TPSA) is 12.0 Å². The summed E-state index contributed by atoms with van der Waals surface area (Å²) in [5, 5.41) is 5.84. The highest BCUT2D eigenvalue weighted by Crippen LogP contribution is 2.34. The lowest BCUT2D eigenvalue weighted by Crippen LogP contribution is -2.28. The minimum Gasteiger partial charge on any atom is -0.316 e. The van der Waals surface area contributed by atoms with Crippen LogP contribution in [-0.2, 0) is 6.42 Å². The van der Waals surface area contributed by atoms with E-state index in [4.69, 9.17) is 0 Å². The Morgan fingerprint density at radius 1 is 1.35 bits per heavy atom. The Kier molecular flexibility index (Phi) is 5.05. The van der Waals surface area contributed by atoms with Crippen molar-refractivity contribution >= 4 is 11.3 Å². The van der Waals surface area contributed by atoms with Gasteiger partial charge in [0.2, 0.25) is 0 Å². The summed E-state index contributed by atoms with van der Waals surface area (Å²) in [6, 6.07) is 4.47. The zero-order chi connectivity index (χ0) is 12.1. The van der Waals surface area contributed by atoms with Gasteiger partial charge in [0.1, 0.15) is 0 Å². The lowest BCUT2D eigenvalue weighted by molar-refractivity contribution is 0.359. The molecule has 0 spiro atoms. The SMILES string of the molecule is CC(C)CNCC1CCCC1Cc1cccs1. The van der Waals surface area contributed by atoms with Crippen LogP contribution in [-0.4, -0.2) is 13.1 Å². The van der Waals surface area contributed by atoms with Gasteiger partial charge < -0.3 is 5.32 Å². The highest BCUT2D eigenvalue weighted by molar-refractivity contribution is 7.09. The molecule has 1 aromatic rings. The maximum atomic E-state index is 3.64. The minimum absolute atomic E-state index is 0.771. The van der Waals surface area contributed by atoms with Gasteiger partial charge in [-0.1, -0.05) is 26.3 Å². The molecule has 2 unspecified atom stereocenters. The molecule has 1 aliphatic carbocycles. The highest BCUT2D eigenvalue weighted by Gasteiger charge is 2.27. The van der Waals surface area contributed by atoms with Crippen molar-refractivity contribution in [3.05, 3.63) is 22.4 Å². The summed E-state index contributed by atoms with van der Waals surface area (Å²) in [5.74, 6) is 2.61. The number of nitrogens with one attached hydrogen (secondary N) is 1. The van der Waals surface area contributed by atoms with Gasteiger partial charge in [0.15, 0.2) is 0 Å². The average molecular weight is 251 g/mol. The van der Waals surface area contributed by atoms with E-state index >= 15 is 0 Å². The molecule has 0 aliphatic heterocycles. The standard InChI is InChI=1S/C15H25NS/c1-12(2)10-16-11-14-6-3-5-13(14)9-15-7-4-8-17-15/h4,7-8,12-14,16H,3,5-6,9-11H2,1-2H3. The molecule has 2 heteroatoms. The predicted molar refractivity (Wildman–Crippen MR) is 76.6 cm³/mol. The van der Waals surface area contributed by atoms with Crippen molar-refractivity contribution in [2.24, 2.45) is 17.8 Å². The zero-order valence-electron chi connectivity index (χ0n) is 11.1. The van der Waals surface area contributed by atoms with Crippen LogP contribution in [0.3, 0.4) is 0 Å². The molecule has 1 aliphatic rings. The summed E-state index contributed by atoms with van der Waals surface area (Å²) in [6.45, 7) is 6.96. The van der Waals surface area contributed by atoms with Crippen LogP contribution in [0.15, 0.2) is 17.5 Å². The lowest BCUT2D eigenvalue weighted by Gasteiger charge is -2.20. The molecule has 1 fully saturated rings. The smallest absolute Gasteiger partial charge is 0.00480 e. The lowest BCUT2D eigenvalue weighted by atomic mass is 9.92. The van der Waals surface area contributed by atoms with Gasteiger partial charge in [-0.15, -0.1) is 11.3 Å². The number of hydrogen-bond acceptors (Lipinski definition) is 2. The summed E-state index contributed by atoms with van der Waals surface area (Å²) in [7, 11) is 0. The fourth-order valence-electron chi connectivity index (χ4n) is 2.90. The number of thiophene rings is 1. The second kappa shape index (κ2) is 6.55. The van der Waals surface area contributed by atoms with Crippen molar-refractivity contribution in [2.75, 3.05) is 13.1 Å². The fourth-order valence-corrected chi connectivity index (χ4v) is 3.69. The van der Waals surface area contributed by atoms with Gasteiger partial charge in [0.05, 0.1) is 0 Å². The first-order valence-corrected chi connectivity index (χ1v) is 7.86. The molecular formula is C15H25NS. The number of rotatable bonds is 6. The van der Waals surface area contributed by atoms with Crippen LogP contribution in [0.5, 0.6) is 0 Å². The molecule has 1 aromatic heterocycles. The van der Waals surface area contributed by atoms with Crippen LogP contribution in [0, 0.1) is 17.8 Å². The molecule has 1 saturated carbocycles. The van der Waals surface area contributed by atoms with Gasteiger partial charge in [-0.05, 0) is 61.6 Å². The summed E-state index contributed by atoms with van der Waals surface area (Å²) in [4.78, 5) is 1.57. The first-order valence-electron chi connectivity index (χ1n) is 6.99. The van der Waals surface area contributed by atoms with Crippen LogP contribution in [0.1, 0.15) is 38.0 Å². The zero-order valence-corrected chi connectivity index (χ0v) is 11.9. The molecule has 2 rings (SSSR count). The van der Waals surface area contributed by atoms with Gasteiger partial charge in [-0.3, -0.25) is 0 Å². The van der Waals surface area contributed by atoms with Crippen molar-refractivity contribution < 1.29 is 0 Å². The van der Waals surface area contributed by atoms with E-state index in [1.165, 1.54) is 38.8 Å². The third-order valence-electron chi connectivity index (χ3n) is 3.82. The molecule has 96 valence electrons. The Hall–Kier alpha value is -0.340. The predicted octanol–water partition coefficient (Wildman–Crippen LogP) is 3.95. The van der Waals surface area contributed by atoms with Crippen LogP contribution >= 0.6 is 11.3 Å². The van der Waals surface area contributed by atoms with Crippen LogP contribution < -0.4 is 5.32 Å². The first kappa shape index (κ1) is 13.1. The maximum Gasteiger partial charge on any atom is 0.00480 e. The van der Waals surface area contributed by atoms with Crippen molar-refractivity contribution in [3.8, 4) is 0 Å². The van der Waals surface area contributed by atoms with Crippen LogP contribution in [0.25, 0.3) is 0 Å². The summed E-state index contributed by atoms with van der Waals surface area (Å²) >= 11 is 1.92. The normalized spacial score (nSPS) is 24.6. The van der Waals surface area contributed by atoms with E-state index in [-0.39, 0.29) is 0 Å². The van der Waals surface area contributed by atoms with E-state index in [1.807, 2.05) is 11.3 Å². The maximum absolute atomic E-state index is 3.64. The monoisotopic (exact) mass is 251 g/mol. The van der Waals surface area contributed by atoms with Crippen molar-refractivity contribution in [1.82, 2.24) is 5.32 Å². The van der Waals surface area contributed by atoms with Crippen molar-refractivity contribution in [1.29, 1.82) is 0 Å². The van der Waals surface area contributed by atoms with E-state index in [1.54, 1.807) is 4.88 Å². The molecule has 0 saturated heterocycles. The van der Waals surface area contributed by atoms with Crippen molar-refractivity contribution in [3.63, 3.8) is 0 Å². The second-order valence-electron chi connectivity index (χ2n) is 5.79. The second-order valence-corrected chi connectivity index (χ2v) is 6.82. The Morgan fingerprint density at radius 3 is 2.88 bits per heavy atom. The van der Waals surface area contributed by atoms with E-state index in [9.17, 15) is 0 Å². The fraction of sp³-hybridized carbons (Fsp3) is 0.733. The Balaban J connectivity index is 1.76. The molecule has 1 heterocycles. The largest absolute Gasteiger partial charge is 0.316 e. The summed E-state index contributed by atoms with van der Waals surface area (Å²) in [5.41, 5.74) is 0. The summed E-state index contributed by atoms with van der Waals surface area (Å²) in [6.07, 6.45) is 5.61. The Labute approximate surface area is 110 Å². The molecule has 0 amide bonds. The molecule has 0 bridgehead atoms. The van der Waals surface area contributed by atoms with Crippen LogP contribution in [0.4, 0.5) is 0 Å². The molecular weight excluding hydrogens is 226 g/mol. The van der Waals surface area contributed by atoms with Crippen molar-refractivity contribution in [2.45, 2.75) is 39.5 Å². The third-order valence-corrected chi connectivity index (χ3v) is 4.72. The quantitative estimate of drug-likeness (QED) is 0.807. The van der Waals surface area contributed by atoms with E-state index < -0.39 is 0 Å². The Bertz CT molecular complexity index is 305. The van der Waals surface area contributed by atoms with Gasteiger partial charge in [-0.25, -0.2) is 0 Å². The molecule has 1 nitrogen and oxygen atoms in total. The van der Waals surface area contributed by atoms with Gasteiger partial charge in [0.25, 0.3) is 0 Å². The minimum atomic E-state index is 0.771. The summed E-state index contributed by atoms with van der Waals surface area (Å²) < 4.78 is 0. The number of hydrogen-bond donors (Lipinski definition) is 1. The van der Waals surface area contributed by atoms with Crippen LogP contribution in [0.2, 0.25) is 0 Å². The molecule has 0 radical (unpaired) electrons. The average Bonchev–Trinajstić information content (AvgIpc) is 2.91. The van der Waals surface area contributed by atoms with E-state index in [0.717, 1.165) is 17.8 Å². The van der Waals surface area contributed by atoms with E-state index in [0.29, 0.717) is 0 Å². The van der Waals surface area contributed by atoms with Gasteiger partial charge in [0, 0.05) is 4.88 Å². The Morgan fingerprint density at radius 2 is 2.18 bits per heavy atom. The first-order chi connectivity index (χ1) is 8.25. The molecule has 2 atom stereocenters.